The first-order valence-corrected chi connectivity index (χ1v) is 5.19. The van der Waals surface area contributed by atoms with Gasteiger partial charge in [0, 0.05) is 11.5 Å². The number of hydrogen-bond donors (Lipinski definition) is 3. The number of carbonyl (C=O) groups excluding carboxylic acids is 1. The van der Waals surface area contributed by atoms with E-state index in [-0.39, 0.29) is 29.8 Å². The minimum Gasteiger partial charge on any atom is -0.394 e. The van der Waals surface area contributed by atoms with Gasteiger partial charge in [0.25, 0.3) is 5.91 Å². The van der Waals surface area contributed by atoms with Crippen molar-refractivity contribution in [1.29, 1.82) is 0 Å². The number of H-pyrrole nitrogens is 1. The van der Waals surface area contributed by atoms with Gasteiger partial charge in [0.2, 0.25) is 5.82 Å². The van der Waals surface area contributed by atoms with Crippen molar-refractivity contribution in [2.75, 3.05) is 6.61 Å². The summed E-state index contributed by atoms with van der Waals surface area (Å²) in [7, 11) is 0. The summed E-state index contributed by atoms with van der Waals surface area (Å²) in [6.07, 6.45) is 0. The topological polar surface area (TPSA) is 90.9 Å². The first-order chi connectivity index (χ1) is 7.34. The van der Waals surface area contributed by atoms with E-state index in [0.29, 0.717) is 5.82 Å². The Bertz CT molecular complexity index is 367. The number of carbonyl (C=O) groups is 1. The van der Waals surface area contributed by atoms with Gasteiger partial charge in [-0.15, -0.1) is 5.10 Å². The Hall–Kier alpha value is -1.43. The van der Waals surface area contributed by atoms with Gasteiger partial charge < -0.3 is 10.4 Å². The van der Waals surface area contributed by atoms with Crippen molar-refractivity contribution in [2.24, 2.45) is 0 Å². The van der Waals surface area contributed by atoms with E-state index in [4.69, 9.17) is 5.11 Å². The quantitative estimate of drug-likeness (QED) is 0.687. The van der Waals surface area contributed by atoms with Crippen LogP contribution in [-0.2, 0) is 5.41 Å². The molecule has 0 fully saturated rings. The third kappa shape index (κ3) is 3.03. The molecular formula is C10H18N4O2. The number of aliphatic hydroxyl groups is 1. The molecular weight excluding hydrogens is 208 g/mol. The number of hydrogen-bond acceptors (Lipinski definition) is 4. The van der Waals surface area contributed by atoms with Gasteiger partial charge >= 0.3 is 0 Å². The second kappa shape index (κ2) is 4.61. The van der Waals surface area contributed by atoms with Crippen LogP contribution >= 0.6 is 0 Å². The number of rotatable bonds is 3. The van der Waals surface area contributed by atoms with Crippen molar-refractivity contribution in [1.82, 2.24) is 20.5 Å². The summed E-state index contributed by atoms with van der Waals surface area (Å²) in [5.74, 6) is 0.382. The number of aromatic amines is 1. The van der Waals surface area contributed by atoms with E-state index in [2.05, 4.69) is 20.5 Å². The molecule has 1 aromatic rings. The lowest BCUT2D eigenvalue weighted by molar-refractivity contribution is 0.0912. The van der Waals surface area contributed by atoms with Crippen molar-refractivity contribution >= 4 is 5.91 Å². The number of aliphatic hydroxyl groups excluding tert-OH is 1. The van der Waals surface area contributed by atoms with Crippen molar-refractivity contribution < 1.29 is 9.90 Å². The van der Waals surface area contributed by atoms with E-state index < -0.39 is 0 Å². The fraction of sp³-hybridized carbons (Fsp3) is 0.700. The molecule has 0 aromatic carbocycles. The molecule has 1 unspecified atom stereocenters. The Morgan fingerprint density at radius 1 is 1.56 bits per heavy atom. The second-order valence-corrected chi connectivity index (χ2v) is 4.81. The average molecular weight is 226 g/mol. The fourth-order valence-corrected chi connectivity index (χ4v) is 1.03. The van der Waals surface area contributed by atoms with Gasteiger partial charge in [-0.2, -0.15) is 0 Å². The molecule has 0 aliphatic rings. The minimum absolute atomic E-state index is 0.102. The van der Waals surface area contributed by atoms with Gasteiger partial charge in [-0.25, -0.2) is 4.98 Å². The van der Waals surface area contributed by atoms with Crippen LogP contribution in [0.5, 0.6) is 0 Å². The number of nitrogens with one attached hydrogen (secondary N) is 2. The lowest BCUT2D eigenvalue weighted by Crippen LogP contribution is -2.35. The summed E-state index contributed by atoms with van der Waals surface area (Å²) in [4.78, 5) is 15.7. The summed E-state index contributed by atoms with van der Waals surface area (Å²) in [6, 6.07) is -0.302. The van der Waals surface area contributed by atoms with E-state index in [0.717, 1.165) is 0 Å². The van der Waals surface area contributed by atoms with E-state index >= 15 is 0 Å². The van der Waals surface area contributed by atoms with Crippen LogP contribution in [0.4, 0.5) is 0 Å². The third-order valence-corrected chi connectivity index (χ3v) is 2.05. The molecule has 0 aliphatic heterocycles. The monoisotopic (exact) mass is 226 g/mol. The Labute approximate surface area is 94.5 Å². The summed E-state index contributed by atoms with van der Waals surface area (Å²) in [5, 5.41) is 18.0. The molecule has 6 nitrogen and oxygen atoms in total. The number of aromatic nitrogens is 3. The molecule has 0 aliphatic carbocycles. The lowest BCUT2D eigenvalue weighted by Gasteiger charge is -2.13. The SMILES string of the molecule is CC(CO)NC(=O)c1n[nH]c(C(C)(C)C)n1. The highest BCUT2D eigenvalue weighted by Crippen LogP contribution is 2.17. The second-order valence-electron chi connectivity index (χ2n) is 4.81. The van der Waals surface area contributed by atoms with Crippen LogP contribution in [0.15, 0.2) is 0 Å². The third-order valence-electron chi connectivity index (χ3n) is 2.05. The zero-order valence-corrected chi connectivity index (χ0v) is 10.0. The van der Waals surface area contributed by atoms with Crippen molar-refractivity contribution in [2.45, 2.75) is 39.2 Å². The largest absolute Gasteiger partial charge is 0.394 e. The number of amides is 1. The standard InChI is InChI=1S/C10H18N4O2/c1-6(5-15)11-8(16)7-12-9(14-13-7)10(2,3)4/h6,15H,5H2,1-4H3,(H,11,16)(H,12,13,14). The van der Waals surface area contributed by atoms with Crippen LogP contribution in [0.2, 0.25) is 0 Å². The maximum absolute atomic E-state index is 11.6. The summed E-state index contributed by atoms with van der Waals surface area (Å²) in [5.41, 5.74) is -0.172. The molecule has 3 N–H and O–H groups in total. The van der Waals surface area contributed by atoms with Crippen molar-refractivity contribution in [3.05, 3.63) is 11.6 Å². The molecule has 6 heteroatoms. The molecule has 1 heterocycles. The zero-order valence-electron chi connectivity index (χ0n) is 10.0. The van der Waals surface area contributed by atoms with Crippen LogP contribution in [0.3, 0.4) is 0 Å². The van der Waals surface area contributed by atoms with Crippen molar-refractivity contribution in [3.63, 3.8) is 0 Å². The smallest absolute Gasteiger partial charge is 0.291 e. The molecule has 90 valence electrons. The Morgan fingerprint density at radius 2 is 2.19 bits per heavy atom. The van der Waals surface area contributed by atoms with E-state index in [1.54, 1.807) is 6.92 Å². The molecule has 0 spiro atoms. The highest BCUT2D eigenvalue weighted by molar-refractivity contribution is 5.90. The average Bonchev–Trinajstić information content (AvgIpc) is 2.65. The maximum Gasteiger partial charge on any atom is 0.291 e. The van der Waals surface area contributed by atoms with Gasteiger partial charge in [0.1, 0.15) is 5.82 Å². The summed E-state index contributed by atoms with van der Waals surface area (Å²) < 4.78 is 0. The predicted octanol–water partition coefficient (Wildman–Crippen LogP) is 0.213. The summed E-state index contributed by atoms with van der Waals surface area (Å²) >= 11 is 0. The van der Waals surface area contributed by atoms with E-state index in [1.165, 1.54) is 0 Å². The Balaban J connectivity index is 2.75. The first-order valence-electron chi connectivity index (χ1n) is 5.19. The van der Waals surface area contributed by atoms with Crippen LogP contribution in [0.25, 0.3) is 0 Å². The molecule has 0 radical (unpaired) electrons. The van der Waals surface area contributed by atoms with Crippen LogP contribution < -0.4 is 5.32 Å². The first kappa shape index (κ1) is 12.6. The van der Waals surface area contributed by atoms with Crippen LogP contribution in [0.1, 0.15) is 44.1 Å². The highest BCUT2D eigenvalue weighted by Gasteiger charge is 2.21. The van der Waals surface area contributed by atoms with Crippen LogP contribution in [-0.4, -0.2) is 38.8 Å². The number of nitrogens with zero attached hydrogens (tertiary/aromatic N) is 2. The normalized spacial score (nSPS) is 13.6. The Morgan fingerprint density at radius 3 is 2.62 bits per heavy atom. The van der Waals surface area contributed by atoms with Crippen LogP contribution in [0, 0.1) is 0 Å². The van der Waals surface area contributed by atoms with E-state index in [1.807, 2.05) is 20.8 Å². The molecule has 1 aromatic heterocycles. The van der Waals surface area contributed by atoms with Crippen molar-refractivity contribution in [3.8, 4) is 0 Å². The molecule has 16 heavy (non-hydrogen) atoms. The molecule has 0 saturated heterocycles. The highest BCUT2D eigenvalue weighted by atomic mass is 16.3. The lowest BCUT2D eigenvalue weighted by atomic mass is 9.96. The minimum atomic E-state index is -0.381. The fourth-order valence-electron chi connectivity index (χ4n) is 1.03. The van der Waals surface area contributed by atoms with Gasteiger partial charge in [0.15, 0.2) is 0 Å². The van der Waals surface area contributed by atoms with Gasteiger partial charge in [0.05, 0.1) is 6.61 Å². The Kier molecular flexibility index (Phi) is 3.64. The predicted molar refractivity (Wildman–Crippen MR) is 59.1 cm³/mol. The zero-order chi connectivity index (χ0) is 12.3. The summed E-state index contributed by atoms with van der Waals surface area (Å²) in [6.45, 7) is 7.53. The van der Waals surface area contributed by atoms with Gasteiger partial charge in [-0.3, -0.25) is 9.89 Å². The van der Waals surface area contributed by atoms with E-state index in [9.17, 15) is 4.79 Å². The molecule has 1 rings (SSSR count). The van der Waals surface area contributed by atoms with Gasteiger partial charge in [-0.05, 0) is 6.92 Å². The van der Waals surface area contributed by atoms with Gasteiger partial charge in [-0.1, -0.05) is 20.8 Å². The molecule has 1 amide bonds. The molecule has 0 saturated carbocycles. The maximum atomic E-state index is 11.6. The molecule has 1 atom stereocenters. The molecule has 0 bridgehead atoms.